The molecule has 2 aromatic rings. The predicted octanol–water partition coefficient (Wildman–Crippen LogP) is 3.87. The van der Waals surface area contributed by atoms with Crippen molar-refractivity contribution in [3.8, 4) is 0 Å². The smallest absolute Gasteiger partial charge is 0.0636 e. The van der Waals surface area contributed by atoms with Crippen molar-refractivity contribution >= 4 is 21.6 Å². The van der Waals surface area contributed by atoms with Crippen LogP contribution in [0.5, 0.6) is 0 Å². The molecule has 0 radical (unpaired) electrons. The highest BCUT2D eigenvalue weighted by molar-refractivity contribution is 9.10. The van der Waals surface area contributed by atoms with E-state index in [-0.39, 0.29) is 6.04 Å². The molecule has 0 aromatic heterocycles. The summed E-state index contributed by atoms with van der Waals surface area (Å²) in [6.45, 7) is 2.64. The third kappa shape index (κ3) is 3.12. The molecule has 0 saturated heterocycles. The Morgan fingerprint density at radius 1 is 1.17 bits per heavy atom. The van der Waals surface area contributed by atoms with Crippen molar-refractivity contribution in [2.45, 2.75) is 13.0 Å². The molecule has 0 saturated carbocycles. The van der Waals surface area contributed by atoms with Crippen LogP contribution in [-0.2, 0) is 0 Å². The minimum atomic E-state index is 0.129. The van der Waals surface area contributed by atoms with Gasteiger partial charge in [-0.05, 0) is 46.1 Å². The van der Waals surface area contributed by atoms with Crippen LogP contribution >= 0.6 is 15.9 Å². The Bertz CT molecular complexity index is 511. The molecule has 0 aliphatic carbocycles. The average Bonchev–Trinajstić information content (AvgIpc) is 2.41. The summed E-state index contributed by atoms with van der Waals surface area (Å²) >= 11 is 3.56. The van der Waals surface area contributed by atoms with Crippen LogP contribution in [0.1, 0.15) is 17.2 Å². The lowest BCUT2D eigenvalue weighted by atomic mass is 10.1. The molecule has 94 valence electrons. The van der Waals surface area contributed by atoms with Gasteiger partial charge in [0.25, 0.3) is 0 Å². The summed E-state index contributed by atoms with van der Waals surface area (Å²) in [7, 11) is 0. The average molecular weight is 305 g/mol. The third-order valence-corrected chi connectivity index (χ3v) is 3.58. The van der Waals surface area contributed by atoms with Crippen molar-refractivity contribution in [1.82, 2.24) is 0 Å². The highest BCUT2D eigenvalue weighted by atomic mass is 79.9. The Kier molecular flexibility index (Phi) is 4.39. The minimum absolute atomic E-state index is 0.129. The quantitative estimate of drug-likeness (QED) is 0.900. The monoisotopic (exact) mass is 304 g/mol. The summed E-state index contributed by atoms with van der Waals surface area (Å²) in [5.74, 6) is 0. The van der Waals surface area contributed by atoms with E-state index in [9.17, 15) is 0 Å². The standard InChI is InChI=1S/C15H17BrN2/c1-11-7-8-13(16)14(9-11)18-15(10-17)12-5-3-2-4-6-12/h2-9,15,18H,10,17H2,1H3. The number of rotatable bonds is 4. The van der Waals surface area contributed by atoms with Crippen LogP contribution in [0, 0.1) is 6.92 Å². The van der Waals surface area contributed by atoms with E-state index in [0.29, 0.717) is 6.54 Å². The topological polar surface area (TPSA) is 38.0 Å². The molecule has 0 amide bonds. The molecule has 0 spiro atoms. The van der Waals surface area contributed by atoms with Crippen molar-refractivity contribution < 1.29 is 0 Å². The molecule has 3 N–H and O–H groups in total. The van der Waals surface area contributed by atoms with Crippen molar-refractivity contribution in [1.29, 1.82) is 0 Å². The number of nitrogens with two attached hydrogens (primary N) is 1. The first kappa shape index (κ1) is 13.1. The van der Waals surface area contributed by atoms with Gasteiger partial charge in [0.05, 0.1) is 6.04 Å². The lowest BCUT2D eigenvalue weighted by Crippen LogP contribution is -2.20. The highest BCUT2D eigenvalue weighted by Crippen LogP contribution is 2.27. The van der Waals surface area contributed by atoms with Gasteiger partial charge in [0.2, 0.25) is 0 Å². The van der Waals surface area contributed by atoms with E-state index >= 15 is 0 Å². The van der Waals surface area contributed by atoms with Gasteiger partial charge in [-0.25, -0.2) is 0 Å². The molecule has 0 heterocycles. The fourth-order valence-electron chi connectivity index (χ4n) is 1.90. The fourth-order valence-corrected chi connectivity index (χ4v) is 2.26. The molecule has 0 fully saturated rings. The molecule has 0 aliphatic rings. The second kappa shape index (κ2) is 6.03. The molecule has 2 aromatic carbocycles. The van der Waals surface area contributed by atoms with Gasteiger partial charge in [-0.15, -0.1) is 0 Å². The predicted molar refractivity (Wildman–Crippen MR) is 80.7 cm³/mol. The van der Waals surface area contributed by atoms with Gasteiger partial charge < -0.3 is 11.1 Å². The Morgan fingerprint density at radius 3 is 2.56 bits per heavy atom. The molecule has 3 heteroatoms. The zero-order valence-electron chi connectivity index (χ0n) is 10.4. The second-order valence-corrected chi connectivity index (χ2v) is 5.18. The maximum Gasteiger partial charge on any atom is 0.0636 e. The zero-order chi connectivity index (χ0) is 13.0. The Hall–Kier alpha value is -1.32. The van der Waals surface area contributed by atoms with Crippen molar-refractivity contribution in [2.75, 3.05) is 11.9 Å². The zero-order valence-corrected chi connectivity index (χ0v) is 11.9. The first-order valence-corrected chi connectivity index (χ1v) is 6.77. The van der Waals surface area contributed by atoms with E-state index in [1.165, 1.54) is 11.1 Å². The lowest BCUT2D eigenvalue weighted by Gasteiger charge is -2.20. The molecule has 1 atom stereocenters. The van der Waals surface area contributed by atoms with E-state index in [4.69, 9.17) is 5.73 Å². The van der Waals surface area contributed by atoms with Gasteiger partial charge in [0.15, 0.2) is 0 Å². The maximum absolute atomic E-state index is 5.86. The van der Waals surface area contributed by atoms with E-state index in [1.54, 1.807) is 0 Å². The molecule has 2 rings (SSSR count). The van der Waals surface area contributed by atoms with E-state index in [1.807, 2.05) is 18.2 Å². The third-order valence-electron chi connectivity index (χ3n) is 2.89. The van der Waals surface area contributed by atoms with E-state index in [0.717, 1.165) is 10.2 Å². The summed E-state index contributed by atoms with van der Waals surface area (Å²) in [6.07, 6.45) is 0. The summed E-state index contributed by atoms with van der Waals surface area (Å²) in [5.41, 5.74) is 9.37. The van der Waals surface area contributed by atoms with Gasteiger partial charge in [-0.1, -0.05) is 36.4 Å². The maximum atomic E-state index is 5.86. The summed E-state index contributed by atoms with van der Waals surface area (Å²) in [6, 6.07) is 16.6. The van der Waals surface area contributed by atoms with Crippen LogP contribution in [-0.4, -0.2) is 6.54 Å². The number of nitrogens with one attached hydrogen (secondary N) is 1. The SMILES string of the molecule is Cc1ccc(Br)c(NC(CN)c2ccccc2)c1. The lowest BCUT2D eigenvalue weighted by molar-refractivity contribution is 0.789. The Morgan fingerprint density at radius 2 is 1.89 bits per heavy atom. The first-order valence-electron chi connectivity index (χ1n) is 5.98. The van der Waals surface area contributed by atoms with Crippen molar-refractivity contribution in [3.63, 3.8) is 0 Å². The number of aryl methyl sites for hydroxylation is 1. The largest absolute Gasteiger partial charge is 0.376 e. The van der Waals surface area contributed by atoms with Gasteiger partial charge in [0, 0.05) is 16.7 Å². The molecule has 0 bridgehead atoms. The van der Waals surface area contributed by atoms with Crippen LogP contribution in [0.3, 0.4) is 0 Å². The van der Waals surface area contributed by atoms with Gasteiger partial charge in [0.1, 0.15) is 0 Å². The van der Waals surface area contributed by atoms with Crippen molar-refractivity contribution in [2.24, 2.45) is 5.73 Å². The molecular formula is C15H17BrN2. The minimum Gasteiger partial charge on any atom is -0.376 e. The Balaban J connectivity index is 2.23. The van der Waals surface area contributed by atoms with Crippen LogP contribution in [0.4, 0.5) is 5.69 Å². The summed E-state index contributed by atoms with van der Waals surface area (Å²) in [5, 5.41) is 3.48. The van der Waals surface area contributed by atoms with E-state index in [2.05, 4.69) is 58.5 Å². The van der Waals surface area contributed by atoms with Crippen LogP contribution < -0.4 is 11.1 Å². The number of hydrogen-bond acceptors (Lipinski definition) is 2. The number of anilines is 1. The molecule has 0 aliphatic heterocycles. The summed E-state index contributed by atoms with van der Waals surface area (Å²) in [4.78, 5) is 0. The van der Waals surface area contributed by atoms with Gasteiger partial charge >= 0.3 is 0 Å². The molecule has 2 nitrogen and oxygen atoms in total. The van der Waals surface area contributed by atoms with Gasteiger partial charge in [-0.2, -0.15) is 0 Å². The molecule has 1 unspecified atom stereocenters. The second-order valence-electron chi connectivity index (χ2n) is 4.33. The van der Waals surface area contributed by atoms with Crippen LogP contribution in [0.25, 0.3) is 0 Å². The highest BCUT2D eigenvalue weighted by Gasteiger charge is 2.10. The van der Waals surface area contributed by atoms with Crippen LogP contribution in [0.2, 0.25) is 0 Å². The fraction of sp³-hybridized carbons (Fsp3) is 0.200. The summed E-state index contributed by atoms with van der Waals surface area (Å²) < 4.78 is 1.06. The van der Waals surface area contributed by atoms with Gasteiger partial charge in [-0.3, -0.25) is 0 Å². The number of benzene rings is 2. The Labute approximate surface area is 116 Å². The molecule has 18 heavy (non-hydrogen) atoms. The number of halogens is 1. The van der Waals surface area contributed by atoms with Crippen molar-refractivity contribution in [3.05, 3.63) is 64.1 Å². The number of hydrogen-bond donors (Lipinski definition) is 2. The van der Waals surface area contributed by atoms with E-state index < -0.39 is 0 Å². The normalized spacial score (nSPS) is 12.2. The van der Waals surface area contributed by atoms with Crippen LogP contribution in [0.15, 0.2) is 53.0 Å². The molecular weight excluding hydrogens is 288 g/mol. The first-order chi connectivity index (χ1) is 8.70.